The number of benzene rings is 1. The summed E-state index contributed by atoms with van der Waals surface area (Å²) < 4.78 is 0. The maximum absolute atomic E-state index is 6.17. The van der Waals surface area contributed by atoms with Crippen molar-refractivity contribution in [1.29, 1.82) is 0 Å². The molecule has 1 aromatic carbocycles. The summed E-state index contributed by atoms with van der Waals surface area (Å²) in [5, 5.41) is 1.27. The van der Waals surface area contributed by atoms with E-state index in [1.165, 1.54) is 5.56 Å². The Morgan fingerprint density at radius 2 is 1.82 bits per heavy atom. The zero-order valence-corrected chi connectivity index (χ0v) is 11.3. The lowest BCUT2D eigenvalue weighted by Gasteiger charge is -2.08. The standard InChI is InChI=1S/C14H13Cl2N/c1-9(2)10-5-6-17-14(7-10)12-4-3-11(15)8-13(12)16/h3-9H,1-2H3. The van der Waals surface area contributed by atoms with Crippen molar-refractivity contribution >= 4 is 23.2 Å². The van der Waals surface area contributed by atoms with E-state index in [0.29, 0.717) is 16.0 Å². The molecule has 0 aliphatic rings. The SMILES string of the molecule is CC(C)c1ccnc(-c2ccc(Cl)cc2Cl)c1. The van der Waals surface area contributed by atoms with Crippen LogP contribution in [0.25, 0.3) is 11.3 Å². The molecule has 0 bridgehead atoms. The van der Waals surface area contributed by atoms with Crippen LogP contribution in [0.3, 0.4) is 0 Å². The van der Waals surface area contributed by atoms with Gasteiger partial charge in [-0.15, -0.1) is 0 Å². The number of aromatic nitrogens is 1. The van der Waals surface area contributed by atoms with Crippen LogP contribution in [0.5, 0.6) is 0 Å². The van der Waals surface area contributed by atoms with E-state index in [9.17, 15) is 0 Å². The van der Waals surface area contributed by atoms with Crippen molar-refractivity contribution in [3.8, 4) is 11.3 Å². The maximum Gasteiger partial charge on any atom is 0.0719 e. The summed E-state index contributed by atoms with van der Waals surface area (Å²) in [5.41, 5.74) is 3.05. The van der Waals surface area contributed by atoms with Crippen molar-refractivity contribution in [2.75, 3.05) is 0 Å². The maximum atomic E-state index is 6.17. The molecule has 0 aliphatic carbocycles. The molecule has 2 rings (SSSR count). The molecule has 17 heavy (non-hydrogen) atoms. The highest BCUT2D eigenvalue weighted by Crippen LogP contribution is 2.30. The van der Waals surface area contributed by atoms with Crippen LogP contribution in [0.4, 0.5) is 0 Å². The van der Waals surface area contributed by atoms with Crippen LogP contribution in [0, 0.1) is 0 Å². The molecule has 0 unspecified atom stereocenters. The second kappa shape index (κ2) is 5.07. The Labute approximate surface area is 111 Å². The van der Waals surface area contributed by atoms with E-state index in [4.69, 9.17) is 23.2 Å². The lowest BCUT2D eigenvalue weighted by atomic mass is 10.0. The Morgan fingerprint density at radius 1 is 1.06 bits per heavy atom. The summed E-state index contributed by atoms with van der Waals surface area (Å²) in [6, 6.07) is 9.56. The van der Waals surface area contributed by atoms with Gasteiger partial charge in [0.15, 0.2) is 0 Å². The van der Waals surface area contributed by atoms with Crippen molar-refractivity contribution in [3.05, 3.63) is 52.1 Å². The summed E-state index contributed by atoms with van der Waals surface area (Å²) in [6.07, 6.45) is 1.82. The molecule has 0 radical (unpaired) electrons. The smallest absolute Gasteiger partial charge is 0.0719 e. The van der Waals surface area contributed by atoms with Crippen LogP contribution in [0.2, 0.25) is 10.0 Å². The van der Waals surface area contributed by atoms with Gasteiger partial charge in [0.25, 0.3) is 0 Å². The summed E-state index contributed by atoms with van der Waals surface area (Å²) in [7, 11) is 0. The van der Waals surface area contributed by atoms with Crippen LogP contribution in [-0.2, 0) is 0 Å². The zero-order valence-electron chi connectivity index (χ0n) is 9.74. The molecule has 0 saturated heterocycles. The fraction of sp³-hybridized carbons (Fsp3) is 0.214. The van der Waals surface area contributed by atoms with E-state index in [2.05, 4.69) is 24.9 Å². The van der Waals surface area contributed by atoms with E-state index in [-0.39, 0.29) is 0 Å². The molecular weight excluding hydrogens is 253 g/mol. The molecule has 88 valence electrons. The van der Waals surface area contributed by atoms with Gasteiger partial charge in [-0.1, -0.05) is 37.0 Å². The molecule has 0 saturated carbocycles. The highest BCUT2D eigenvalue weighted by Gasteiger charge is 2.07. The molecule has 0 fully saturated rings. The molecular formula is C14H13Cl2N. The van der Waals surface area contributed by atoms with Gasteiger partial charge in [-0.05, 0) is 41.8 Å². The summed E-state index contributed by atoms with van der Waals surface area (Å²) >= 11 is 12.1. The van der Waals surface area contributed by atoms with Crippen LogP contribution >= 0.6 is 23.2 Å². The van der Waals surface area contributed by atoms with Gasteiger partial charge in [-0.3, -0.25) is 4.98 Å². The van der Waals surface area contributed by atoms with Gasteiger partial charge in [-0.2, -0.15) is 0 Å². The number of pyridine rings is 1. The quantitative estimate of drug-likeness (QED) is 0.729. The number of nitrogens with zero attached hydrogens (tertiary/aromatic N) is 1. The Bertz CT molecular complexity index is 535. The van der Waals surface area contributed by atoms with Gasteiger partial charge >= 0.3 is 0 Å². The minimum atomic E-state index is 0.475. The van der Waals surface area contributed by atoms with Gasteiger partial charge in [0.1, 0.15) is 0 Å². The van der Waals surface area contributed by atoms with Crippen molar-refractivity contribution in [2.45, 2.75) is 19.8 Å². The summed E-state index contributed by atoms with van der Waals surface area (Å²) in [5.74, 6) is 0.475. The molecule has 1 aromatic heterocycles. The topological polar surface area (TPSA) is 12.9 Å². The van der Waals surface area contributed by atoms with Crippen molar-refractivity contribution in [2.24, 2.45) is 0 Å². The monoisotopic (exact) mass is 265 g/mol. The van der Waals surface area contributed by atoms with Crippen LogP contribution in [0.1, 0.15) is 25.3 Å². The predicted molar refractivity (Wildman–Crippen MR) is 73.8 cm³/mol. The third-order valence-electron chi connectivity index (χ3n) is 2.66. The average molecular weight is 266 g/mol. The van der Waals surface area contributed by atoms with Gasteiger partial charge < -0.3 is 0 Å². The van der Waals surface area contributed by atoms with E-state index < -0.39 is 0 Å². The van der Waals surface area contributed by atoms with E-state index in [1.807, 2.05) is 24.4 Å². The second-order valence-electron chi connectivity index (χ2n) is 4.25. The largest absolute Gasteiger partial charge is 0.256 e. The van der Waals surface area contributed by atoms with Crippen LogP contribution < -0.4 is 0 Å². The van der Waals surface area contributed by atoms with Gasteiger partial charge in [0.05, 0.1) is 10.7 Å². The third kappa shape index (κ3) is 2.80. The molecule has 1 heterocycles. The highest BCUT2D eigenvalue weighted by molar-refractivity contribution is 6.36. The molecule has 0 N–H and O–H groups in total. The first-order valence-electron chi connectivity index (χ1n) is 5.49. The molecule has 2 aromatic rings. The fourth-order valence-electron chi connectivity index (χ4n) is 1.65. The first-order valence-corrected chi connectivity index (χ1v) is 6.25. The van der Waals surface area contributed by atoms with Gasteiger partial charge in [0.2, 0.25) is 0 Å². The fourth-order valence-corrected chi connectivity index (χ4v) is 2.16. The van der Waals surface area contributed by atoms with Crippen molar-refractivity contribution in [1.82, 2.24) is 4.98 Å². The van der Waals surface area contributed by atoms with E-state index >= 15 is 0 Å². The third-order valence-corrected chi connectivity index (χ3v) is 3.21. The lowest BCUT2D eigenvalue weighted by molar-refractivity contribution is 0.864. The summed E-state index contributed by atoms with van der Waals surface area (Å²) in [4.78, 5) is 4.36. The Hall–Kier alpha value is -1.05. The molecule has 1 nitrogen and oxygen atoms in total. The minimum absolute atomic E-state index is 0.475. The van der Waals surface area contributed by atoms with Crippen LogP contribution in [0.15, 0.2) is 36.5 Å². The summed E-state index contributed by atoms with van der Waals surface area (Å²) in [6.45, 7) is 4.31. The zero-order chi connectivity index (χ0) is 12.4. The molecule has 0 aliphatic heterocycles. The Balaban J connectivity index is 2.49. The first-order chi connectivity index (χ1) is 8.08. The molecule has 0 spiro atoms. The molecule has 0 amide bonds. The van der Waals surface area contributed by atoms with Gasteiger partial charge in [0, 0.05) is 16.8 Å². The van der Waals surface area contributed by atoms with Crippen molar-refractivity contribution in [3.63, 3.8) is 0 Å². The highest BCUT2D eigenvalue weighted by atomic mass is 35.5. The number of halogens is 2. The molecule has 3 heteroatoms. The second-order valence-corrected chi connectivity index (χ2v) is 5.10. The van der Waals surface area contributed by atoms with E-state index in [1.54, 1.807) is 6.07 Å². The predicted octanol–water partition coefficient (Wildman–Crippen LogP) is 5.18. The van der Waals surface area contributed by atoms with E-state index in [0.717, 1.165) is 11.3 Å². The first kappa shape index (κ1) is 12.4. The van der Waals surface area contributed by atoms with Crippen molar-refractivity contribution < 1.29 is 0 Å². The Morgan fingerprint density at radius 3 is 2.47 bits per heavy atom. The Kier molecular flexibility index (Phi) is 3.70. The normalized spacial score (nSPS) is 10.9. The number of rotatable bonds is 2. The molecule has 0 atom stereocenters. The van der Waals surface area contributed by atoms with Crippen LogP contribution in [-0.4, -0.2) is 4.98 Å². The number of hydrogen-bond acceptors (Lipinski definition) is 1. The lowest BCUT2D eigenvalue weighted by Crippen LogP contribution is -1.91. The average Bonchev–Trinajstić information content (AvgIpc) is 2.29. The van der Waals surface area contributed by atoms with Gasteiger partial charge in [-0.25, -0.2) is 0 Å². The number of hydrogen-bond donors (Lipinski definition) is 0. The minimum Gasteiger partial charge on any atom is -0.256 e.